The minimum absolute atomic E-state index is 0. The molecule has 1 aliphatic carbocycles. The van der Waals surface area contributed by atoms with Gasteiger partial charge in [-0.05, 0) is 91.1 Å². The molecule has 49 heavy (non-hydrogen) atoms. The zero-order valence-corrected chi connectivity index (χ0v) is 31.2. The molecule has 12 heteroatoms. The summed E-state index contributed by atoms with van der Waals surface area (Å²) in [5.74, 6) is 0. The Morgan fingerprint density at radius 1 is 0.816 bits per heavy atom. The number of hydrogen-bond donors (Lipinski definition) is 2. The summed E-state index contributed by atoms with van der Waals surface area (Å²) >= 11 is 0. The van der Waals surface area contributed by atoms with Crippen LogP contribution in [0.25, 0.3) is 16.5 Å². The van der Waals surface area contributed by atoms with Crippen molar-refractivity contribution in [2.45, 2.75) is 25.7 Å². The van der Waals surface area contributed by atoms with E-state index in [4.69, 9.17) is 0 Å². The first-order chi connectivity index (χ1) is 22.7. The third kappa shape index (κ3) is 7.29. The Morgan fingerprint density at radius 2 is 1.47 bits per heavy atom. The fourth-order valence-corrected chi connectivity index (χ4v) is 7.24. The van der Waals surface area contributed by atoms with Crippen LogP contribution in [0.4, 0.5) is 17.1 Å². The molecule has 1 heterocycles. The Bertz CT molecular complexity index is 2480. The minimum atomic E-state index is -4.99. The van der Waals surface area contributed by atoms with Gasteiger partial charge in [0.15, 0.2) is 0 Å². The van der Waals surface area contributed by atoms with Crippen LogP contribution >= 0.6 is 0 Å². The molecule has 0 saturated carbocycles. The predicted octanol–water partition coefficient (Wildman–Crippen LogP) is 4.67. The van der Waals surface area contributed by atoms with Gasteiger partial charge in [0.1, 0.15) is 15.0 Å². The number of para-hydroxylation sites is 3. The molecule has 0 saturated heterocycles. The van der Waals surface area contributed by atoms with Gasteiger partial charge in [-0.15, -0.1) is 0 Å². The van der Waals surface area contributed by atoms with Crippen LogP contribution in [0.2, 0.25) is 0 Å². The van der Waals surface area contributed by atoms with Crippen LogP contribution < -0.4 is 34.9 Å². The molecule has 244 valence electrons. The standard InChI is InChI=1S/C37H33N3O6S2.Na/c1-23-11-5-8-14-29(23)38-31-19-17-26(21-34(31)47(41,42)43)37(36-25(3)40(4)33-16-10-7-13-28(33)36)27-18-20-32(35(22-27)48(44,45)46)39-30-15-9-6-12-24(30)2;/h5-22,38H,1-4H3,(H,41,42,43)(H,44,45,46);/q;+1/p-1. The van der Waals surface area contributed by atoms with Gasteiger partial charge in [0, 0.05) is 34.9 Å². The zero-order valence-electron chi connectivity index (χ0n) is 27.6. The minimum Gasteiger partial charge on any atom is -0.744 e. The quantitative estimate of drug-likeness (QED) is 0.186. The third-order valence-electron chi connectivity index (χ3n) is 8.49. The van der Waals surface area contributed by atoms with E-state index in [0.29, 0.717) is 33.6 Å². The van der Waals surface area contributed by atoms with Gasteiger partial charge in [0.05, 0.1) is 22.0 Å². The molecule has 0 atom stereocenters. The molecular weight excluding hydrogens is 670 g/mol. The fourth-order valence-electron chi connectivity index (χ4n) is 5.93. The topological polar surface area (TPSA) is 141 Å². The first-order valence-electron chi connectivity index (χ1n) is 15.0. The van der Waals surface area contributed by atoms with Gasteiger partial charge in [-0.2, -0.15) is 8.42 Å². The summed E-state index contributed by atoms with van der Waals surface area (Å²) in [5, 5.41) is 3.91. The molecule has 0 radical (unpaired) electrons. The summed E-state index contributed by atoms with van der Waals surface area (Å²) in [6.45, 7) is 5.61. The summed E-state index contributed by atoms with van der Waals surface area (Å²) < 4.78 is 76.4. The summed E-state index contributed by atoms with van der Waals surface area (Å²) in [7, 11) is -7.87. The second kappa shape index (κ2) is 14.0. The Kier molecular flexibility index (Phi) is 10.4. The van der Waals surface area contributed by atoms with Gasteiger partial charge in [-0.25, -0.2) is 13.4 Å². The van der Waals surface area contributed by atoms with E-state index in [9.17, 15) is 25.9 Å². The molecule has 4 aromatic carbocycles. The summed E-state index contributed by atoms with van der Waals surface area (Å²) in [6, 6.07) is 26.6. The number of aryl methyl sites for hydroxylation is 3. The Balaban J connectivity index is 0.00000468. The molecule has 0 bridgehead atoms. The number of hydrogen-bond acceptors (Lipinski definition) is 7. The van der Waals surface area contributed by atoms with Gasteiger partial charge in [0.2, 0.25) is 0 Å². The van der Waals surface area contributed by atoms with Crippen molar-refractivity contribution in [1.29, 1.82) is 0 Å². The van der Waals surface area contributed by atoms with Crippen molar-refractivity contribution in [2.24, 2.45) is 12.0 Å². The van der Waals surface area contributed by atoms with Crippen molar-refractivity contribution in [3.8, 4) is 0 Å². The van der Waals surface area contributed by atoms with Gasteiger partial charge >= 0.3 is 29.6 Å². The van der Waals surface area contributed by atoms with E-state index in [1.807, 2.05) is 80.9 Å². The van der Waals surface area contributed by atoms with Crippen molar-refractivity contribution in [2.75, 3.05) is 5.32 Å². The van der Waals surface area contributed by atoms with Crippen LogP contribution in [0.5, 0.6) is 0 Å². The maximum atomic E-state index is 12.8. The van der Waals surface area contributed by atoms with E-state index in [1.165, 1.54) is 24.3 Å². The van der Waals surface area contributed by atoms with E-state index in [2.05, 4.69) is 10.3 Å². The molecule has 9 nitrogen and oxygen atoms in total. The van der Waals surface area contributed by atoms with Gasteiger partial charge < -0.3 is 14.4 Å². The normalized spacial score (nSPS) is 15.2. The van der Waals surface area contributed by atoms with Gasteiger partial charge in [0.25, 0.3) is 10.1 Å². The molecular formula is C37H32N3NaO6S2. The fraction of sp³-hybridized carbons (Fsp3) is 0.108. The number of rotatable bonds is 7. The molecule has 1 aliphatic rings. The molecule has 5 aromatic rings. The molecule has 1 aromatic heterocycles. The van der Waals surface area contributed by atoms with E-state index in [-0.39, 0.29) is 41.0 Å². The predicted molar refractivity (Wildman–Crippen MR) is 190 cm³/mol. The number of aromatic nitrogens is 1. The van der Waals surface area contributed by atoms with Crippen molar-refractivity contribution in [3.05, 3.63) is 148 Å². The third-order valence-corrected chi connectivity index (χ3v) is 10.2. The monoisotopic (exact) mass is 701 g/mol. The first-order valence-corrected chi connectivity index (χ1v) is 17.8. The van der Waals surface area contributed by atoms with Crippen LogP contribution in [-0.2, 0) is 27.3 Å². The van der Waals surface area contributed by atoms with E-state index in [1.54, 1.807) is 36.4 Å². The number of nitrogens with one attached hydrogen (secondary N) is 1. The molecule has 0 aliphatic heterocycles. The summed E-state index contributed by atoms with van der Waals surface area (Å²) in [6.07, 6.45) is 4.51. The Hall–Kier alpha value is -4.07. The second-order valence-electron chi connectivity index (χ2n) is 11.6. The van der Waals surface area contributed by atoms with Crippen LogP contribution in [-0.4, -0.2) is 36.2 Å². The van der Waals surface area contributed by atoms with Crippen molar-refractivity contribution in [1.82, 2.24) is 4.57 Å². The summed E-state index contributed by atoms with van der Waals surface area (Å²) in [5.41, 5.74) is 6.53. The van der Waals surface area contributed by atoms with Gasteiger partial charge in [-0.3, -0.25) is 4.55 Å². The first kappa shape index (κ1) is 36.2. The van der Waals surface area contributed by atoms with E-state index < -0.39 is 30.0 Å². The smallest absolute Gasteiger partial charge is 0.744 e. The molecule has 0 amide bonds. The zero-order chi connectivity index (χ0) is 34.4. The van der Waals surface area contributed by atoms with E-state index in [0.717, 1.165) is 27.7 Å². The number of fused-ring (bicyclic) bond motifs is 1. The molecule has 6 rings (SSSR count). The molecule has 0 spiro atoms. The maximum absolute atomic E-state index is 12.8. The average Bonchev–Trinajstić information content (AvgIpc) is 3.29. The molecule has 2 N–H and O–H groups in total. The second-order valence-corrected chi connectivity index (χ2v) is 14.3. The maximum Gasteiger partial charge on any atom is 1.00 e. The number of aliphatic imine (C=N–C) groups is 1. The van der Waals surface area contributed by atoms with Crippen molar-refractivity contribution >= 4 is 59.5 Å². The van der Waals surface area contributed by atoms with Crippen molar-refractivity contribution in [3.63, 3.8) is 0 Å². The SMILES string of the molecule is Cc1ccccc1N=C1C=CC(=C(c2ccc(Nc3ccccc3C)c(S(=O)(=O)[O-])c2)c2c(C)n(C)c3ccccc23)C=C1S(=O)(=O)O.[Na+]. The van der Waals surface area contributed by atoms with Crippen molar-refractivity contribution < 1.29 is 55.5 Å². The number of allylic oxidation sites excluding steroid dienone is 5. The number of nitrogens with zero attached hydrogens (tertiary/aromatic N) is 2. The van der Waals surface area contributed by atoms with Crippen LogP contribution in [0.15, 0.2) is 130 Å². The summed E-state index contributed by atoms with van der Waals surface area (Å²) in [4.78, 5) is 3.65. The molecule has 0 fully saturated rings. The number of benzene rings is 4. The Labute approximate surface area is 308 Å². The van der Waals surface area contributed by atoms with Crippen LogP contribution in [0.1, 0.15) is 27.9 Å². The van der Waals surface area contributed by atoms with Crippen LogP contribution in [0.3, 0.4) is 0 Å². The number of anilines is 2. The Morgan fingerprint density at radius 3 is 2.14 bits per heavy atom. The van der Waals surface area contributed by atoms with Gasteiger partial charge in [-0.1, -0.05) is 66.7 Å². The van der Waals surface area contributed by atoms with E-state index >= 15 is 0 Å². The van der Waals surface area contributed by atoms with Crippen LogP contribution in [0, 0.1) is 20.8 Å². The average molecular weight is 702 g/mol. The largest absolute Gasteiger partial charge is 1.00 e. The molecule has 0 unspecified atom stereocenters.